The van der Waals surface area contributed by atoms with Crippen molar-refractivity contribution in [3.63, 3.8) is 0 Å². The fourth-order valence-corrected chi connectivity index (χ4v) is 5.92. The highest BCUT2D eigenvalue weighted by atomic mass is 16.5. The molecule has 3 heterocycles. The van der Waals surface area contributed by atoms with Crippen LogP contribution < -0.4 is 30.7 Å². The fraction of sp³-hybridized carbons (Fsp3) is 0.571. The third kappa shape index (κ3) is 5.51. The average Bonchev–Trinajstić information content (AvgIpc) is 3.47. The van der Waals surface area contributed by atoms with E-state index in [0.29, 0.717) is 35.3 Å². The van der Waals surface area contributed by atoms with Gasteiger partial charge in [0, 0.05) is 31.2 Å². The second kappa shape index (κ2) is 11.4. The molecule has 11 heteroatoms. The Morgan fingerprint density at radius 1 is 1.15 bits per heavy atom. The van der Waals surface area contributed by atoms with Crippen LogP contribution in [0.3, 0.4) is 0 Å². The van der Waals surface area contributed by atoms with Crippen LogP contribution in [0.4, 0.5) is 23.1 Å². The Morgan fingerprint density at radius 3 is 2.56 bits per heavy atom. The molecule has 11 nitrogen and oxygen atoms in total. The van der Waals surface area contributed by atoms with Gasteiger partial charge in [0.2, 0.25) is 11.9 Å². The first-order chi connectivity index (χ1) is 18.8. The first-order valence-corrected chi connectivity index (χ1v) is 13.9. The van der Waals surface area contributed by atoms with Crippen LogP contribution >= 0.6 is 0 Å². The SMILES string of the molecule is COc1cc(C(=O)NC2CCN(C)CC2)ccc1N(N)c1ncc2c(n1)N(C1CCCC1)C[C@H](C)C(=O)N2C. The van der Waals surface area contributed by atoms with Gasteiger partial charge in [0.1, 0.15) is 17.1 Å². The van der Waals surface area contributed by atoms with Crippen LogP contribution in [0.15, 0.2) is 24.4 Å². The molecule has 1 aliphatic carbocycles. The van der Waals surface area contributed by atoms with Crippen molar-refractivity contribution < 1.29 is 14.3 Å². The number of likely N-dealkylation sites (tertiary alicyclic amines) is 1. The third-order valence-electron chi connectivity index (χ3n) is 8.33. The molecule has 1 aromatic carbocycles. The number of methoxy groups -OCH3 is 1. The molecule has 39 heavy (non-hydrogen) atoms. The van der Waals surface area contributed by atoms with E-state index in [4.69, 9.17) is 15.6 Å². The molecule has 1 atom stereocenters. The molecule has 3 aliphatic rings. The molecular weight excluding hydrogens is 496 g/mol. The van der Waals surface area contributed by atoms with Crippen molar-refractivity contribution in [2.45, 2.75) is 57.5 Å². The maximum absolute atomic E-state index is 13.0. The summed E-state index contributed by atoms with van der Waals surface area (Å²) in [5.41, 5.74) is 1.72. The van der Waals surface area contributed by atoms with Crippen LogP contribution in [0.2, 0.25) is 0 Å². The average molecular weight is 537 g/mol. The predicted molar refractivity (Wildman–Crippen MR) is 152 cm³/mol. The minimum Gasteiger partial charge on any atom is -0.494 e. The Hall–Kier alpha value is -3.44. The Morgan fingerprint density at radius 2 is 1.87 bits per heavy atom. The predicted octanol–water partition coefficient (Wildman–Crippen LogP) is 2.68. The van der Waals surface area contributed by atoms with Gasteiger partial charge < -0.3 is 24.8 Å². The van der Waals surface area contributed by atoms with Gasteiger partial charge >= 0.3 is 0 Å². The largest absolute Gasteiger partial charge is 0.494 e. The normalized spacial score (nSPS) is 21.1. The molecular formula is C28H40N8O3. The van der Waals surface area contributed by atoms with E-state index in [-0.39, 0.29) is 29.7 Å². The number of ether oxygens (including phenoxy) is 1. The Balaban J connectivity index is 1.41. The van der Waals surface area contributed by atoms with Crippen molar-refractivity contribution >= 4 is 35.0 Å². The molecule has 0 spiro atoms. The van der Waals surface area contributed by atoms with Crippen LogP contribution in [-0.2, 0) is 4.79 Å². The smallest absolute Gasteiger partial charge is 0.251 e. The van der Waals surface area contributed by atoms with Crippen LogP contribution in [0.5, 0.6) is 5.75 Å². The summed E-state index contributed by atoms with van der Waals surface area (Å²) in [7, 11) is 5.42. The van der Waals surface area contributed by atoms with E-state index < -0.39 is 0 Å². The zero-order valence-corrected chi connectivity index (χ0v) is 23.4. The Labute approximate surface area is 230 Å². The quantitative estimate of drug-likeness (QED) is 0.424. The summed E-state index contributed by atoms with van der Waals surface area (Å²) in [6.07, 6.45) is 8.03. The Bertz CT molecular complexity index is 1210. The highest BCUT2D eigenvalue weighted by Gasteiger charge is 2.35. The number of fused-ring (bicyclic) bond motifs is 1. The molecule has 0 radical (unpaired) electrons. The molecule has 1 aromatic heterocycles. The molecule has 0 bridgehead atoms. The van der Waals surface area contributed by atoms with Gasteiger partial charge in [-0.15, -0.1) is 0 Å². The highest BCUT2D eigenvalue weighted by molar-refractivity contribution is 5.99. The standard InChI is InChI=1S/C28H40N8O3/c1-18-17-35(21-7-5-6-8-21)25-23(34(3)27(18)38)16-30-28(32-25)36(29)22-10-9-19(15-24(22)39-4)26(37)31-20-11-13-33(2)14-12-20/h9-10,15-16,18,20-21H,5-8,11-14,17,29H2,1-4H3,(H,31,37)/t18-/m0/s1. The second-order valence-corrected chi connectivity index (χ2v) is 11.1. The summed E-state index contributed by atoms with van der Waals surface area (Å²) in [6.45, 7) is 4.51. The lowest BCUT2D eigenvalue weighted by Gasteiger charge is -2.31. The van der Waals surface area contributed by atoms with Crippen molar-refractivity contribution in [1.82, 2.24) is 20.2 Å². The van der Waals surface area contributed by atoms with Gasteiger partial charge in [0.25, 0.3) is 5.91 Å². The molecule has 0 unspecified atom stereocenters. The molecule has 5 rings (SSSR count). The number of nitrogens with zero attached hydrogens (tertiary/aromatic N) is 6. The monoisotopic (exact) mass is 536 g/mol. The van der Waals surface area contributed by atoms with Gasteiger partial charge in [0.15, 0.2) is 5.82 Å². The number of aromatic nitrogens is 2. The molecule has 2 fully saturated rings. The number of carbonyl (C=O) groups is 2. The van der Waals surface area contributed by atoms with Crippen molar-refractivity contribution in [2.24, 2.45) is 11.8 Å². The number of amides is 2. The molecule has 3 N–H and O–H groups in total. The molecule has 2 aromatic rings. The van der Waals surface area contributed by atoms with E-state index in [0.717, 1.165) is 44.6 Å². The van der Waals surface area contributed by atoms with E-state index in [2.05, 4.69) is 27.1 Å². The molecule has 2 aliphatic heterocycles. The van der Waals surface area contributed by atoms with E-state index in [1.165, 1.54) is 17.9 Å². The fourth-order valence-electron chi connectivity index (χ4n) is 5.92. The Kier molecular flexibility index (Phi) is 7.90. The van der Waals surface area contributed by atoms with Crippen LogP contribution in [0, 0.1) is 5.92 Å². The summed E-state index contributed by atoms with van der Waals surface area (Å²) in [5, 5.41) is 4.52. The number of benzene rings is 1. The van der Waals surface area contributed by atoms with Gasteiger partial charge in [0.05, 0.1) is 19.2 Å². The van der Waals surface area contributed by atoms with Crippen molar-refractivity contribution in [1.29, 1.82) is 0 Å². The van der Waals surface area contributed by atoms with E-state index in [9.17, 15) is 9.59 Å². The minimum atomic E-state index is -0.157. The lowest BCUT2D eigenvalue weighted by molar-refractivity contribution is -0.121. The first kappa shape index (κ1) is 27.1. The van der Waals surface area contributed by atoms with Crippen LogP contribution in [0.1, 0.15) is 55.8 Å². The number of anilines is 4. The molecule has 1 saturated heterocycles. The molecule has 2 amide bonds. The summed E-state index contributed by atoms with van der Waals surface area (Å²) >= 11 is 0. The maximum Gasteiger partial charge on any atom is 0.251 e. The van der Waals surface area contributed by atoms with E-state index in [1.54, 1.807) is 43.5 Å². The number of piperidine rings is 1. The maximum atomic E-state index is 13.0. The van der Waals surface area contributed by atoms with Crippen LogP contribution in [-0.4, -0.2) is 79.6 Å². The lowest BCUT2D eigenvalue weighted by atomic mass is 10.0. The number of rotatable bonds is 6. The lowest BCUT2D eigenvalue weighted by Crippen LogP contribution is -2.43. The number of nitrogens with two attached hydrogens (primary N) is 1. The third-order valence-corrected chi connectivity index (χ3v) is 8.33. The van der Waals surface area contributed by atoms with E-state index in [1.807, 2.05) is 6.92 Å². The van der Waals surface area contributed by atoms with Gasteiger partial charge in [-0.1, -0.05) is 19.8 Å². The summed E-state index contributed by atoms with van der Waals surface area (Å²) in [5.74, 6) is 7.78. The van der Waals surface area contributed by atoms with Crippen LogP contribution in [0.25, 0.3) is 0 Å². The van der Waals surface area contributed by atoms with Crippen molar-refractivity contribution in [3.05, 3.63) is 30.0 Å². The summed E-state index contributed by atoms with van der Waals surface area (Å²) in [4.78, 5) is 41.5. The molecule has 210 valence electrons. The van der Waals surface area contributed by atoms with Crippen molar-refractivity contribution in [2.75, 3.05) is 55.6 Å². The molecule has 1 saturated carbocycles. The zero-order valence-electron chi connectivity index (χ0n) is 23.4. The topological polar surface area (TPSA) is 120 Å². The van der Waals surface area contributed by atoms with Gasteiger partial charge in [-0.3, -0.25) is 9.59 Å². The second-order valence-electron chi connectivity index (χ2n) is 11.1. The number of hydrazine groups is 1. The summed E-state index contributed by atoms with van der Waals surface area (Å²) < 4.78 is 5.64. The number of carbonyl (C=O) groups excluding carboxylic acids is 2. The highest BCUT2D eigenvalue weighted by Crippen LogP contribution is 2.38. The van der Waals surface area contributed by atoms with Crippen molar-refractivity contribution in [3.8, 4) is 5.75 Å². The number of nitrogens with one attached hydrogen (secondary N) is 1. The zero-order chi connectivity index (χ0) is 27.7. The number of hydrogen-bond acceptors (Lipinski definition) is 9. The van der Waals surface area contributed by atoms with Gasteiger partial charge in [-0.25, -0.2) is 15.8 Å². The number of hydrogen-bond donors (Lipinski definition) is 2. The summed E-state index contributed by atoms with van der Waals surface area (Å²) in [6, 6.07) is 5.68. The minimum absolute atomic E-state index is 0.0495. The van der Waals surface area contributed by atoms with Gasteiger partial charge in [-0.2, -0.15) is 4.98 Å². The van der Waals surface area contributed by atoms with E-state index >= 15 is 0 Å². The first-order valence-electron chi connectivity index (χ1n) is 13.9. The van der Waals surface area contributed by atoms with Gasteiger partial charge in [-0.05, 0) is 64.0 Å².